The second-order valence-electron chi connectivity index (χ2n) is 4.92. The molecule has 1 amide bonds. The number of hydrogen-bond donors (Lipinski definition) is 2. The highest BCUT2D eigenvalue weighted by molar-refractivity contribution is 5.79. The number of carbonyl (C=O) groups excluding carboxylic acids is 1. The van der Waals surface area contributed by atoms with Crippen LogP contribution in [-0.4, -0.2) is 25.5 Å². The molecule has 0 unspecified atom stereocenters. The van der Waals surface area contributed by atoms with Crippen LogP contribution in [0.1, 0.15) is 38.5 Å². The summed E-state index contributed by atoms with van der Waals surface area (Å²) in [7, 11) is 0. The predicted molar refractivity (Wildman–Crippen MR) is 60.6 cm³/mol. The zero-order valence-corrected chi connectivity index (χ0v) is 9.43. The minimum atomic E-state index is 0.230. The van der Waals surface area contributed by atoms with Gasteiger partial charge in [0.15, 0.2) is 0 Å². The molecule has 2 aliphatic rings. The molecular weight excluding hydrogens is 188 g/mol. The van der Waals surface area contributed by atoms with Crippen molar-refractivity contribution in [3.63, 3.8) is 0 Å². The van der Waals surface area contributed by atoms with Gasteiger partial charge in [-0.1, -0.05) is 25.7 Å². The lowest BCUT2D eigenvalue weighted by atomic mass is 10.0. The Morgan fingerprint density at radius 2 is 2.07 bits per heavy atom. The summed E-state index contributed by atoms with van der Waals surface area (Å²) in [5.74, 6) is 1.37. The first-order chi connectivity index (χ1) is 7.36. The molecular formula is C12H22N2O. The van der Waals surface area contributed by atoms with Crippen LogP contribution < -0.4 is 10.6 Å². The molecule has 1 saturated carbocycles. The first kappa shape index (κ1) is 10.9. The molecule has 0 aromatic carbocycles. The van der Waals surface area contributed by atoms with Gasteiger partial charge in [-0.15, -0.1) is 0 Å². The maximum atomic E-state index is 11.7. The predicted octanol–water partition coefficient (Wildman–Crippen LogP) is 1.29. The Kier molecular flexibility index (Phi) is 4.01. The molecule has 15 heavy (non-hydrogen) atoms. The number of hydrogen-bond acceptors (Lipinski definition) is 2. The van der Waals surface area contributed by atoms with Gasteiger partial charge in [-0.25, -0.2) is 0 Å². The molecule has 0 aromatic rings. The van der Waals surface area contributed by atoms with Crippen molar-refractivity contribution in [1.29, 1.82) is 0 Å². The molecule has 1 heterocycles. The molecule has 1 saturated heterocycles. The summed E-state index contributed by atoms with van der Waals surface area (Å²) >= 11 is 0. The first-order valence-electron chi connectivity index (χ1n) is 6.34. The van der Waals surface area contributed by atoms with Crippen LogP contribution in [0.4, 0.5) is 0 Å². The van der Waals surface area contributed by atoms with E-state index in [1.807, 2.05) is 0 Å². The van der Waals surface area contributed by atoms with Crippen LogP contribution in [0.5, 0.6) is 0 Å². The van der Waals surface area contributed by atoms with Crippen LogP contribution in [-0.2, 0) is 4.79 Å². The van der Waals surface area contributed by atoms with E-state index in [1.54, 1.807) is 0 Å². The summed E-state index contributed by atoms with van der Waals surface area (Å²) < 4.78 is 0. The fourth-order valence-electron chi connectivity index (χ4n) is 2.72. The van der Waals surface area contributed by atoms with Crippen LogP contribution in [0.2, 0.25) is 0 Å². The van der Waals surface area contributed by atoms with E-state index >= 15 is 0 Å². The van der Waals surface area contributed by atoms with Crippen LogP contribution in [0.25, 0.3) is 0 Å². The van der Waals surface area contributed by atoms with Crippen molar-refractivity contribution in [3.8, 4) is 0 Å². The van der Waals surface area contributed by atoms with E-state index in [-0.39, 0.29) is 11.8 Å². The maximum absolute atomic E-state index is 11.7. The topological polar surface area (TPSA) is 41.1 Å². The summed E-state index contributed by atoms with van der Waals surface area (Å²) in [6.45, 7) is 2.76. The lowest BCUT2D eigenvalue weighted by Crippen LogP contribution is -2.33. The average Bonchev–Trinajstić information content (AvgIpc) is 2.90. The zero-order valence-electron chi connectivity index (χ0n) is 9.43. The summed E-state index contributed by atoms with van der Waals surface area (Å²) in [5, 5.41) is 6.30. The smallest absolute Gasteiger partial charge is 0.224 e. The van der Waals surface area contributed by atoms with E-state index in [1.165, 1.54) is 32.1 Å². The normalized spacial score (nSPS) is 27.1. The molecule has 2 rings (SSSR count). The van der Waals surface area contributed by atoms with E-state index < -0.39 is 0 Å². The highest BCUT2D eigenvalue weighted by Gasteiger charge is 2.22. The van der Waals surface area contributed by atoms with Crippen molar-refractivity contribution in [2.45, 2.75) is 38.5 Å². The molecule has 1 atom stereocenters. The SMILES string of the molecule is O=C(NCCC1CCCC1)[C@@H]1CCNC1. The van der Waals surface area contributed by atoms with E-state index in [4.69, 9.17) is 0 Å². The van der Waals surface area contributed by atoms with E-state index in [0.29, 0.717) is 0 Å². The molecule has 2 fully saturated rings. The van der Waals surface area contributed by atoms with Crippen LogP contribution >= 0.6 is 0 Å². The van der Waals surface area contributed by atoms with Gasteiger partial charge in [0.05, 0.1) is 5.92 Å². The molecule has 3 nitrogen and oxygen atoms in total. The fourth-order valence-corrected chi connectivity index (χ4v) is 2.72. The van der Waals surface area contributed by atoms with E-state index in [9.17, 15) is 4.79 Å². The Labute approximate surface area is 92.0 Å². The maximum Gasteiger partial charge on any atom is 0.224 e. The summed E-state index contributed by atoms with van der Waals surface area (Å²) in [6.07, 6.45) is 7.74. The van der Waals surface area contributed by atoms with Gasteiger partial charge in [-0.05, 0) is 25.3 Å². The standard InChI is InChI=1S/C12H22N2O/c15-12(11-6-7-13-9-11)14-8-5-10-3-1-2-4-10/h10-11,13H,1-9H2,(H,14,15)/t11-/m1/s1. The molecule has 2 N–H and O–H groups in total. The second-order valence-corrected chi connectivity index (χ2v) is 4.92. The second kappa shape index (κ2) is 5.50. The fraction of sp³-hybridized carbons (Fsp3) is 0.917. The van der Waals surface area contributed by atoms with Crippen LogP contribution in [0, 0.1) is 11.8 Å². The van der Waals surface area contributed by atoms with Gasteiger partial charge in [0, 0.05) is 13.1 Å². The molecule has 0 aromatic heterocycles. The van der Waals surface area contributed by atoms with Gasteiger partial charge in [0.1, 0.15) is 0 Å². The first-order valence-corrected chi connectivity index (χ1v) is 6.34. The van der Waals surface area contributed by atoms with Gasteiger partial charge in [0.25, 0.3) is 0 Å². The molecule has 1 aliphatic heterocycles. The Bertz CT molecular complexity index is 206. The van der Waals surface area contributed by atoms with Crippen molar-refractivity contribution < 1.29 is 4.79 Å². The third-order valence-corrected chi connectivity index (χ3v) is 3.76. The average molecular weight is 210 g/mol. The number of nitrogens with one attached hydrogen (secondary N) is 2. The van der Waals surface area contributed by atoms with Crippen molar-refractivity contribution in [1.82, 2.24) is 10.6 Å². The lowest BCUT2D eigenvalue weighted by molar-refractivity contribution is -0.124. The number of rotatable bonds is 4. The highest BCUT2D eigenvalue weighted by atomic mass is 16.1. The third kappa shape index (κ3) is 3.20. The van der Waals surface area contributed by atoms with Gasteiger partial charge in [-0.3, -0.25) is 4.79 Å². The molecule has 3 heteroatoms. The quantitative estimate of drug-likeness (QED) is 0.734. The Morgan fingerprint density at radius 1 is 1.27 bits per heavy atom. The Balaban J connectivity index is 1.58. The monoisotopic (exact) mass is 210 g/mol. The van der Waals surface area contributed by atoms with E-state index in [2.05, 4.69) is 10.6 Å². The van der Waals surface area contributed by atoms with E-state index in [0.717, 1.165) is 32.0 Å². The largest absolute Gasteiger partial charge is 0.356 e. The van der Waals surface area contributed by atoms with Crippen LogP contribution in [0.15, 0.2) is 0 Å². The highest BCUT2D eigenvalue weighted by Crippen LogP contribution is 2.26. The Morgan fingerprint density at radius 3 is 2.73 bits per heavy atom. The number of carbonyl (C=O) groups is 1. The zero-order chi connectivity index (χ0) is 10.5. The Hall–Kier alpha value is -0.570. The minimum absolute atomic E-state index is 0.230. The molecule has 0 radical (unpaired) electrons. The van der Waals surface area contributed by atoms with Crippen LogP contribution in [0.3, 0.4) is 0 Å². The van der Waals surface area contributed by atoms with Crippen molar-refractivity contribution in [2.24, 2.45) is 11.8 Å². The summed E-state index contributed by atoms with van der Waals surface area (Å²) in [4.78, 5) is 11.7. The van der Waals surface area contributed by atoms with Gasteiger partial charge < -0.3 is 10.6 Å². The summed E-state index contributed by atoms with van der Waals surface area (Å²) in [5.41, 5.74) is 0. The number of amides is 1. The van der Waals surface area contributed by atoms with Gasteiger partial charge in [0.2, 0.25) is 5.91 Å². The van der Waals surface area contributed by atoms with Gasteiger partial charge >= 0.3 is 0 Å². The lowest BCUT2D eigenvalue weighted by Gasteiger charge is -2.12. The van der Waals surface area contributed by atoms with Crippen molar-refractivity contribution in [2.75, 3.05) is 19.6 Å². The molecule has 0 bridgehead atoms. The third-order valence-electron chi connectivity index (χ3n) is 3.76. The van der Waals surface area contributed by atoms with Crippen molar-refractivity contribution in [3.05, 3.63) is 0 Å². The minimum Gasteiger partial charge on any atom is -0.356 e. The molecule has 0 spiro atoms. The van der Waals surface area contributed by atoms with Crippen molar-refractivity contribution >= 4 is 5.91 Å². The molecule has 1 aliphatic carbocycles. The summed E-state index contributed by atoms with van der Waals surface area (Å²) in [6, 6.07) is 0. The van der Waals surface area contributed by atoms with Gasteiger partial charge in [-0.2, -0.15) is 0 Å². The molecule has 86 valence electrons.